The Morgan fingerprint density at radius 2 is 1.67 bits per heavy atom. The molecule has 348 valence electrons. The monoisotopic (exact) mass is 912 g/mol. The molecule has 1 aromatic heterocycles. The van der Waals surface area contributed by atoms with Crippen LogP contribution >= 0.6 is 0 Å². The Morgan fingerprint density at radius 3 is 2.36 bits per heavy atom. The summed E-state index contributed by atoms with van der Waals surface area (Å²) in [7, 11) is 1.87. The van der Waals surface area contributed by atoms with Gasteiger partial charge in [-0.1, -0.05) is 12.1 Å². The minimum Gasteiger partial charge on any atom is -0.385 e. The number of imide groups is 1. The highest BCUT2D eigenvalue weighted by molar-refractivity contribution is 6.11. The van der Waals surface area contributed by atoms with Crippen molar-refractivity contribution in [2.24, 2.45) is 13.0 Å². The third kappa shape index (κ3) is 8.30. The van der Waals surface area contributed by atoms with Gasteiger partial charge in [0.2, 0.25) is 11.8 Å². The van der Waals surface area contributed by atoms with Crippen molar-refractivity contribution in [2.45, 2.75) is 107 Å². The number of nitrogens with one attached hydrogen (secondary N) is 2. The number of nitrogens with zero attached hydrogens (tertiary/aromatic N) is 6. The molecule has 4 aromatic rings. The molecular formula is C48H52F4N8O6. The van der Waals surface area contributed by atoms with Crippen molar-refractivity contribution in [3.05, 3.63) is 99.9 Å². The van der Waals surface area contributed by atoms with Crippen molar-refractivity contribution in [3.8, 4) is 0 Å². The molecule has 4 fully saturated rings. The summed E-state index contributed by atoms with van der Waals surface area (Å²) in [6, 6.07) is 12.6. The van der Waals surface area contributed by atoms with Crippen LogP contribution in [0.15, 0.2) is 54.9 Å². The average molecular weight is 913 g/mol. The van der Waals surface area contributed by atoms with Gasteiger partial charge in [-0.25, -0.2) is 4.39 Å². The number of hydrogen-bond donors (Lipinski definition) is 2. The number of alkyl halides is 3. The normalized spacial score (nSPS) is 23.2. The number of aryl methyl sites for hydroxylation is 1. The van der Waals surface area contributed by atoms with Crippen LogP contribution in [-0.4, -0.2) is 94.4 Å². The summed E-state index contributed by atoms with van der Waals surface area (Å²) in [4.78, 5) is 55.9. The molecule has 1 unspecified atom stereocenters. The summed E-state index contributed by atoms with van der Waals surface area (Å²) in [5, 5.41) is 13.7. The van der Waals surface area contributed by atoms with Crippen molar-refractivity contribution in [3.63, 3.8) is 0 Å². The maximum absolute atomic E-state index is 16.0. The number of aromatic nitrogens is 3. The van der Waals surface area contributed by atoms with Crippen molar-refractivity contribution >= 4 is 40.7 Å². The highest BCUT2D eigenvalue weighted by atomic mass is 19.4. The summed E-state index contributed by atoms with van der Waals surface area (Å²) in [5.41, 5.74) is 1.49. The van der Waals surface area contributed by atoms with Gasteiger partial charge in [0.15, 0.2) is 5.82 Å². The van der Waals surface area contributed by atoms with E-state index in [1.807, 2.05) is 34.7 Å². The lowest BCUT2D eigenvalue weighted by Crippen LogP contribution is -2.52. The SMILES string of the molecule is Cn1cnnc1CC1(c2cccc(N3Cc4c(cc(NCCC5CCC(OC6CCN(c7ccc8c(c7F)CN(C7CCC(=O)NC7=O)C8=O)CC6)CC5)cc4C(F)(F)F)C3=O)c2)COC1. The van der Waals surface area contributed by atoms with E-state index in [0.29, 0.717) is 56.6 Å². The second-order valence-electron chi connectivity index (χ2n) is 18.8. The molecule has 3 saturated heterocycles. The first kappa shape index (κ1) is 44.0. The lowest BCUT2D eigenvalue weighted by Gasteiger charge is -2.42. The van der Waals surface area contributed by atoms with Crippen molar-refractivity contribution in [1.29, 1.82) is 0 Å². The number of ether oxygens (including phenoxy) is 2. The summed E-state index contributed by atoms with van der Waals surface area (Å²) in [6.07, 6.45) is 3.81. The number of hydrogen-bond acceptors (Lipinski definition) is 10. The van der Waals surface area contributed by atoms with Crippen LogP contribution < -0.4 is 20.4 Å². The van der Waals surface area contributed by atoms with Crippen LogP contribution in [0, 0.1) is 11.7 Å². The van der Waals surface area contributed by atoms with Crippen LogP contribution in [0.4, 0.5) is 34.6 Å². The third-order valence-electron chi connectivity index (χ3n) is 14.6. The van der Waals surface area contributed by atoms with Crippen LogP contribution in [0.1, 0.15) is 107 Å². The lowest BCUT2D eigenvalue weighted by atomic mass is 9.75. The van der Waals surface area contributed by atoms with Gasteiger partial charge in [0, 0.05) is 73.0 Å². The van der Waals surface area contributed by atoms with Gasteiger partial charge in [-0.05, 0) is 105 Å². The van der Waals surface area contributed by atoms with Gasteiger partial charge in [0.05, 0.1) is 49.8 Å². The lowest BCUT2D eigenvalue weighted by molar-refractivity contribution is -0.138. The predicted molar refractivity (Wildman–Crippen MR) is 233 cm³/mol. The highest BCUT2D eigenvalue weighted by Crippen LogP contribution is 2.43. The van der Waals surface area contributed by atoms with Gasteiger partial charge in [-0.2, -0.15) is 13.2 Å². The molecule has 0 radical (unpaired) electrons. The molecule has 6 aliphatic rings. The maximum atomic E-state index is 16.0. The first-order valence-corrected chi connectivity index (χ1v) is 22.9. The van der Waals surface area contributed by atoms with Gasteiger partial charge < -0.3 is 34.1 Å². The van der Waals surface area contributed by atoms with E-state index in [2.05, 4.69) is 20.8 Å². The number of carbonyl (C=O) groups excluding carboxylic acids is 4. The summed E-state index contributed by atoms with van der Waals surface area (Å²) in [5.74, 6) is -1.09. The minimum atomic E-state index is -4.65. The molecule has 0 spiro atoms. The number of anilines is 3. The molecule has 4 amide bonds. The standard InChI is InChI=1S/C48H52F4N8O6/c1-57-27-54-56-41(57)22-47(25-65-26-47)29-3-2-4-31(19-29)59-23-36-35(46(59)64)20-30(21-38(36)48(50,51)52)53-16-13-28-5-7-32(8-6-28)66-33-14-17-58(18-15-33)39-10-9-34-37(43(39)49)24-60(45(34)63)40-11-12-42(61)55-44(40)62/h2-4,9-10,19-21,27-28,32-33,40,53H,5-8,11-18,22-26H2,1H3,(H,55,61,62). The molecule has 2 N–H and O–H groups in total. The number of amides is 4. The molecule has 14 nitrogen and oxygen atoms in total. The number of fused-ring (bicyclic) bond motifs is 2. The molecule has 1 saturated carbocycles. The Labute approximate surface area is 379 Å². The molecule has 1 aliphatic carbocycles. The second kappa shape index (κ2) is 17.4. The predicted octanol–water partition coefficient (Wildman–Crippen LogP) is 6.45. The summed E-state index contributed by atoms with van der Waals surface area (Å²) in [6.45, 7) is 2.33. The van der Waals surface area contributed by atoms with E-state index >= 15 is 4.39 Å². The molecule has 1 atom stereocenters. The zero-order valence-electron chi connectivity index (χ0n) is 36.7. The smallest absolute Gasteiger partial charge is 0.385 e. The van der Waals surface area contributed by atoms with E-state index in [0.717, 1.165) is 62.4 Å². The fourth-order valence-corrected chi connectivity index (χ4v) is 10.8. The van der Waals surface area contributed by atoms with Crippen molar-refractivity contribution < 1.29 is 46.2 Å². The molecule has 5 aliphatic heterocycles. The van der Waals surface area contributed by atoms with Gasteiger partial charge in [-0.15, -0.1) is 10.2 Å². The Morgan fingerprint density at radius 1 is 0.894 bits per heavy atom. The van der Waals surface area contributed by atoms with Crippen LogP contribution in [0.3, 0.4) is 0 Å². The molecule has 66 heavy (non-hydrogen) atoms. The number of benzene rings is 3. The Balaban J connectivity index is 0.704. The molecule has 18 heteroatoms. The zero-order valence-corrected chi connectivity index (χ0v) is 36.7. The van der Waals surface area contributed by atoms with Gasteiger partial charge in [-0.3, -0.25) is 24.5 Å². The van der Waals surface area contributed by atoms with Crippen LogP contribution in [0.5, 0.6) is 0 Å². The second-order valence-corrected chi connectivity index (χ2v) is 18.8. The van der Waals surface area contributed by atoms with Gasteiger partial charge in [0.1, 0.15) is 18.2 Å². The van der Waals surface area contributed by atoms with Gasteiger partial charge >= 0.3 is 6.18 Å². The van der Waals surface area contributed by atoms with Crippen LogP contribution in [0.25, 0.3) is 0 Å². The van der Waals surface area contributed by atoms with E-state index in [1.165, 1.54) is 9.80 Å². The van der Waals surface area contributed by atoms with Crippen molar-refractivity contribution in [1.82, 2.24) is 25.0 Å². The topological polar surface area (TPSA) is 151 Å². The largest absolute Gasteiger partial charge is 0.416 e. The van der Waals surface area contributed by atoms with Gasteiger partial charge in [0.25, 0.3) is 11.8 Å². The van der Waals surface area contributed by atoms with E-state index < -0.39 is 41.3 Å². The first-order valence-electron chi connectivity index (χ1n) is 22.9. The minimum absolute atomic E-state index is 0.0209. The van der Waals surface area contributed by atoms with E-state index in [1.54, 1.807) is 30.6 Å². The highest BCUT2D eigenvalue weighted by Gasteiger charge is 2.45. The number of carbonyl (C=O) groups is 4. The molecule has 6 heterocycles. The fraction of sp³-hybridized carbons (Fsp3) is 0.500. The van der Waals surface area contributed by atoms with Crippen molar-refractivity contribution in [2.75, 3.05) is 48.0 Å². The number of rotatable bonds is 12. The fourth-order valence-electron chi connectivity index (χ4n) is 10.8. The molecule has 10 rings (SSSR count). The maximum Gasteiger partial charge on any atom is 0.416 e. The molecule has 0 bridgehead atoms. The van der Waals surface area contributed by atoms with E-state index in [9.17, 15) is 32.3 Å². The Kier molecular flexibility index (Phi) is 11.6. The number of halogens is 4. The third-order valence-corrected chi connectivity index (χ3v) is 14.6. The average Bonchev–Trinajstić information content (AvgIpc) is 3.96. The van der Waals surface area contributed by atoms with E-state index in [4.69, 9.17) is 9.47 Å². The zero-order chi connectivity index (χ0) is 45.9. The Hall–Kier alpha value is -5.88. The van der Waals surface area contributed by atoms with E-state index in [-0.39, 0.29) is 77.4 Å². The molecule has 3 aromatic carbocycles. The summed E-state index contributed by atoms with van der Waals surface area (Å²) >= 11 is 0. The summed E-state index contributed by atoms with van der Waals surface area (Å²) < 4.78 is 73.8. The van der Waals surface area contributed by atoms with Crippen LogP contribution in [-0.2, 0) is 57.2 Å². The Bertz CT molecular complexity index is 2560. The first-order chi connectivity index (χ1) is 31.7. The quantitative estimate of drug-likeness (QED) is 0.120. The van der Waals surface area contributed by atoms with Crippen LogP contribution in [0.2, 0.25) is 0 Å². The number of piperidine rings is 2. The molecular weight excluding hydrogens is 861 g/mol.